The number of hydrogen-bond acceptors (Lipinski definition) is 2. The maximum Gasteiger partial charge on any atom is 0.251 e. The van der Waals surface area contributed by atoms with E-state index in [1.807, 2.05) is 6.92 Å². The average Bonchev–Trinajstić information content (AvgIpc) is 2.54. The predicted molar refractivity (Wildman–Crippen MR) is 84.4 cm³/mol. The molecule has 0 aromatic heterocycles. The molecule has 0 saturated carbocycles. The molecule has 0 fully saturated rings. The molecule has 1 N–H and O–H groups in total. The molecule has 0 bridgehead atoms. The molecule has 0 aliphatic rings. The zero-order valence-electron chi connectivity index (χ0n) is 12.4. The lowest BCUT2D eigenvalue weighted by atomic mass is 10.1. The zero-order chi connectivity index (χ0) is 15.9. The van der Waals surface area contributed by atoms with Gasteiger partial charge in [-0.25, -0.2) is 4.39 Å². The van der Waals surface area contributed by atoms with Crippen LogP contribution in [-0.2, 0) is 0 Å². The molecule has 2 aromatic rings. The van der Waals surface area contributed by atoms with E-state index in [2.05, 4.69) is 11.9 Å². The Kier molecular flexibility index (Phi) is 5.31. The summed E-state index contributed by atoms with van der Waals surface area (Å²) >= 11 is 0. The van der Waals surface area contributed by atoms with E-state index in [4.69, 9.17) is 4.74 Å². The van der Waals surface area contributed by atoms with Gasteiger partial charge in [0.2, 0.25) is 0 Å². The molecule has 2 aromatic carbocycles. The first kappa shape index (κ1) is 15.8. The van der Waals surface area contributed by atoms with Crippen molar-refractivity contribution in [2.24, 2.45) is 0 Å². The van der Waals surface area contributed by atoms with Crippen molar-refractivity contribution in [2.45, 2.75) is 13.0 Å². The van der Waals surface area contributed by atoms with Crippen molar-refractivity contribution in [1.82, 2.24) is 5.32 Å². The third-order valence-corrected chi connectivity index (χ3v) is 3.20. The van der Waals surface area contributed by atoms with E-state index in [0.717, 1.165) is 5.56 Å². The number of amides is 1. The van der Waals surface area contributed by atoms with Crippen molar-refractivity contribution in [3.05, 3.63) is 78.1 Å². The Labute approximate surface area is 129 Å². The highest BCUT2D eigenvalue weighted by Crippen LogP contribution is 2.16. The standard InChI is InChI=1S/C18H18FNO2/c1-3-12-22-17-10-6-15(7-11-17)18(21)20-13(2)14-4-8-16(19)9-5-14/h3-11,13H,1,12H2,2H3,(H,20,21)/t13-/m0/s1. The first-order chi connectivity index (χ1) is 10.6. The molecule has 0 saturated heterocycles. The van der Waals surface area contributed by atoms with E-state index in [1.165, 1.54) is 12.1 Å². The molecule has 1 atom stereocenters. The summed E-state index contributed by atoms with van der Waals surface area (Å²) in [7, 11) is 0. The van der Waals surface area contributed by atoms with Crippen LogP contribution in [-0.4, -0.2) is 12.5 Å². The van der Waals surface area contributed by atoms with Crippen LogP contribution in [0.15, 0.2) is 61.2 Å². The summed E-state index contributed by atoms with van der Waals surface area (Å²) in [4.78, 5) is 12.2. The summed E-state index contributed by atoms with van der Waals surface area (Å²) < 4.78 is 18.3. The first-order valence-corrected chi connectivity index (χ1v) is 7.00. The number of ether oxygens (including phenoxy) is 1. The van der Waals surface area contributed by atoms with Gasteiger partial charge in [0, 0.05) is 5.56 Å². The Balaban J connectivity index is 1.99. The number of nitrogens with one attached hydrogen (secondary N) is 1. The van der Waals surface area contributed by atoms with Crippen LogP contribution in [0.1, 0.15) is 28.9 Å². The van der Waals surface area contributed by atoms with Crippen LogP contribution in [0.4, 0.5) is 4.39 Å². The molecule has 0 spiro atoms. The van der Waals surface area contributed by atoms with E-state index in [9.17, 15) is 9.18 Å². The largest absolute Gasteiger partial charge is 0.490 e. The van der Waals surface area contributed by atoms with Crippen molar-refractivity contribution in [2.75, 3.05) is 6.61 Å². The van der Waals surface area contributed by atoms with Gasteiger partial charge in [0.25, 0.3) is 5.91 Å². The van der Waals surface area contributed by atoms with E-state index >= 15 is 0 Å². The topological polar surface area (TPSA) is 38.3 Å². The van der Waals surface area contributed by atoms with E-state index in [1.54, 1.807) is 42.5 Å². The molecule has 2 rings (SSSR count). The zero-order valence-corrected chi connectivity index (χ0v) is 12.4. The van der Waals surface area contributed by atoms with Gasteiger partial charge in [-0.15, -0.1) is 0 Å². The van der Waals surface area contributed by atoms with Gasteiger partial charge in [-0.2, -0.15) is 0 Å². The van der Waals surface area contributed by atoms with E-state index < -0.39 is 0 Å². The second-order valence-corrected chi connectivity index (χ2v) is 4.87. The highest BCUT2D eigenvalue weighted by Gasteiger charge is 2.11. The maximum atomic E-state index is 12.9. The van der Waals surface area contributed by atoms with Crippen LogP contribution in [0.3, 0.4) is 0 Å². The molecular formula is C18H18FNO2. The minimum Gasteiger partial charge on any atom is -0.490 e. The molecule has 0 aliphatic carbocycles. The van der Waals surface area contributed by atoms with Crippen LogP contribution in [0.2, 0.25) is 0 Å². The molecule has 0 heterocycles. The second kappa shape index (κ2) is 7.41. The third kappa shape index (κ3) is 4.19. The van der Waals surface area contributed by atoms with Crippen molar-refractivity contribution < 1.29 is 13.9 Å². The van der Waals surface area contributed by atoms with Crippen LogP contribution in [0.25, 0.3) is 0 Å². The smallest absolute Gasteiger partial charge is 0.251 e. The SMILES string of the molecule is C=CCOc1ccc(C(=O)N[C@@H](C)c2ccc(F)cc2)cc1. The molecule has 114 valence electrons. The Morgan fingerprint density at radius 3 is 2.45 bits per heavy atom. The summed E-state index contributed by atoms with van der Waals surface area (Å²) in [6, 6.07) is 12.7. The number of halogens is 1. The number of hydrogen-bond donors (Lipinski definition) is 1. The van der Waals surface area contributed by atoms with Crippen molar-refractivity contribution in [3.8, 4) is 5.75 Å². The van der Waals surface area contributed by atoms with Gasteiger partial charge in [0.05, 0.1) is 6.04 Å². The number of rotatable bonds is 6. The summed E-state index contributed by atoms with van der Waals surface area (Å²) in [5.41, 5.74) is 1.39. The monoisotopic (exact) mass is 299 g/mol. The van der Waals surface area contributed by atoms with Gasteiger partial charge in [0.1, 0.15) is 18.2 Å². The summed E-state index contributed by atoms with van der Waals surface area (Å²) in [5, 5.41) is 2.88. The van der Waals surface area contributed by atoms with Gasteiger partial charge in [-0.3, -0.25) is 4.79 Å². The lowest BCUT2D eigenvalue weighted by Gasteiger charge is -2.14. The highest BCUT2D eigenvalue weighted by atomic mass is 19.1. The fraction of sp³-hybridized carbons (Fsp3) is 0.167. The summed E-state index contributed by atoms with van der Waals surface area (Å²) in [6.07, 6.45) is 1.66. The average molecular weight is 299 g/mol. The van der Waals surface area contributed by atoms with Crippen LogP contribution >= 0.6 is 0 Å². The van der Waals surface area contributed by atoms with Gasteiger partial charge in [-0.05, 0) is 48.9 Å². The van der Waals surface area contributed by atoms with Crippen molar-refractivity contribution >= 4 is 5.91 Å². The Morgan fingerprint density at radius 1 is 1.23 bits per heavy atom. The quantitative estimate of drug-likeness (QED) is 0.822. The lowest BCUT2D eigenvalue weighted by Crippen LogP contribution is -2.26. The van der Waals surface area contributed by atoms with Crippen LogP contribution in [0, 0.1) is 5.82 Å². The molecule has 4 heteroatoms. The van der Waals surface area contributed by atoms with Gasteiger partial charge < -0.3 is 10.1 Å². The fourth-order valence-electron chi connectivity index (χ4n) is 1.97. The molecule has 0 aliphatic heterocycles. The molecule has 0 radical (unpaired) electrons. The lowest BCUT2D eigenvalue weighted by molar-refractivity contribution is 0.0940. The molecule has 0 unspecified atom stereocenters. The van der Waals surface area contributed by atoms with Crippen LogP contribution in [0.5, 0.6) is 5.75 Å². The minimum absolute atomic E-state index is 0.188. The summed E-state index contributed by atoms with van der Waals surface area (Å²) in [5.74, 6) is 0.201. The van der Waals surface area contributed by atoms with E-state index in [0.29, 0.717) is 17.9 Å². The molecule has 3 nitrogen and oxygen atoms in total. The van der Waals surface area contributed by atoms with E-state index in [-0.39, 0.29) is 17.8 Å². The Morgan fingerprint density at radius 2 is 1.86 bits per heavy atom. The predicted octanol–water partition coefficient (Wildman–Crippen LogP) is 3.88. The van der Waals surface area contributed by atoms with Crippen molar-refractivity contribution in [1.29, 1.82) is 0 Å². The van der Waals surface area contributed by atoms with Gasteiger partial charge in [0.15, 0.2) is 0 Å². The molecular weight excluding hydrogens is 281 g/mol. The van der Waals surface area contributed by atoms with Crippen molar-refractivity contribution in [3.63, 3.8) is 0 Å². The number of benzene rings is 2. The van der Waals surface area contributed by atoms with Gasteiger partial charge >= 0.3 is 0 Å². The molecule has 22 heavy (non-hydrogen) atoms. The number of carbonyl (C=O) groups is 1. The Hall–Kier alpha value is -2.62. The molecule has 1 amide bonds. The fourth-order valence-corrected chi connectivity index (χ4v) is 1.97. The summed E-state index contributed by atoms with van der Waals surface area (Å²) in [6.45, 7) is 5.85. The Bertz CT molecular complexity index is 635. The number of carbonyl (C=O) groups excluding carboxylic acids is 1. The first-order valence-electron chi connectivity index (χ1n) is 7.00. The second-order valence-electron chi connectivity index (χ2n) is 4.87. The maximum absolute atomic E-state index is 12.9. The third-order valence-electron chi connectivity index (χ3n) is 3.20. The minimum atomic E-state index is -0.294. The highest BCUT2D eigenvalue weighted by molar-refractivity contribution is 5.94. The normalized spacial score (nSPS) is 11.5. The van der Waals surface area contributed by atoms with Gasteiger partial charge in [-0.1, -0.05) is 24.8 Å². The van der Waals surface area contributed by atoms with Crippen LogP contribution < -0.4 is 10.1 Å².